The van der Waals surface area contributed by atoms with Crippen LogP contribution >= 0.6 is 18.5 Å². The first kappa shape index (κ1) is 28.9. The van der Waals surface area contributed by atoms with E-state index in [-0.39, 0.29) is 29.5 Å². The molecular formula is C21H25N10O9PS2. The molecule has 0 aromatic carbocycles. The van der Waals surface area contributed by atoms with Gasteiger partial charge in [-0.25, -0.2) is 29.7 Å². The molecule has 3 aliphatic rings. The quantitative estimate of drug-likeness (QED) is 0.0950. The van der Waals surface area contributed by atoms with E-state index in [1.165, 1.54) is 23.5 Å². The van der Waals surface area contributed by atoms with Crippen LogP contribution in [-0.4, -0.2) is 103 Å². The summed E-state index contributed by atoms with van der Waals surface area (Å²) in [4.78, 5) is 57.2. The topological polar surface area (TPSA) is 266 Å². The maximum Gasteiger partial charge on any atom is 0.325 e. The SMILES string of the molecule is C[C@]1(COP(O)(=S)O[C@@H]2[C@H](O)[C@@H](CO)S[C@H]2n2cnc3c(=O)[nH]c(N)nc32)O[C@@H](n2cnc3c(N)ncnc32)[C@@H]2OO[C@@H]21. The Hall–Kier alpha value is -2.82. The largest absolute Gasteiger partial charge is 0.395 e. The Labute approximate surface area is 249 Å². The molecule has 7 rings (SSSR count). The summed E-state index contributed by atoms with van der Waals surface area (Å²) in [5, 5.41) is 19.3. The van der Waals surface area contributed by atoms with Crippen LogP contribution in [-0.2, 0) is 35.4 Å². The molecule has 3 saturated heterocycles. The highest BCUT2D eigenvalue weighted by atomic mass is 32.5. The average Bonchev–Trinajstić information content (AvgIpc) is 3.66. The smallest absolute Gasteiger partial charge is 0.325 e. The van der Waals surface area contributed by atoms with E-state index < -0.39 is 65.8 Å². The number of rotatable bonds is 8. The van der Waals surface area contributed by atoms with E-state index in [1.807, 2.05) is 0 Å². The summed E-state index contributed by atoms with van der Waals surface area (Å²) in [6.07, 6.45) is -0.260. The van der Waals surface area contributed by atoms with Gasteiger partial charge in [-0.2, -0.15) is 4.98 Å². The zero-order chi connectivity index (χ0) is 30.3. The Balaban J connectivity index is 1.11. The van der Waals surface area contributed by atoms with E-state index in [2.05, 4.69) is 29.9 Å². The fourth-order valence-corrected chi connectivity index (χ4v) is 8.33. The lowest BCUT2D eigenvalue weighted by atomic mass is 9.97. The molecule has 0 bridgehead atoms. The summed E-state index contributed by atoms with van der Waals surface area (Å²) in [6.45, 7) is -3.07. The molecule has 7 heterocycles. The predicted octanol–water partition coefficient (Wildman–Crippen LogP) is -1.30. The number of ether oxygens (including phenoxy) is 1. The van der Waals surface area contributed by atoms with Crippen LogP contribution in [0.4, 0.5) is 11.8 Å². The Kier molecular flexibility index (Phi) is 6.98. The fraction of sp³-hybridized carbons (Fsp3) is 0.524. The molecule has 43 heavy (non-hydrogen) atoms. The minimum absolute atomic E-state index is 0.00752. The van der Waals surface area contributed by atoms with E-state index in [0.717, 1.165) is 11.8 Å². The zero-order valence-corrected chi connectivity index (χ0v) is 24.6. The number of aliphatic hydroxyl groups is 2. The summed E-state index contributed by atoms with van der Waals surface area (Å²) in [5.74, 6) is 0.0647. The van der Waals surface area contributed by atoms with Crippen LogP contribution in [0.1, 0.15) is 18.5 Å². The van der Waals surface area contributed by atoms with E-state index in [0.29, 0.717) is 11.2 Å². The number of H-pyrrole nitrogens is 1. The third-order valence-electron chi connectivity index (χ3n) is 7.49. The van der Waals surface area contributed by atoms with Gasteiger partial charge >= 0.3 is 6.72 Å². The molecule has 9 atom stereocenters. The van der Waals surface area contributed by atoms with Gasteiger partial charge in [0.25, 0.3) is 5.56 Å². The van der Waals surface area contributed by atoms with Crippen LogP contribution in [0.15, 0.2) is 23.8 Å². The molecule has 22 heteroatoms. The third kappa shape index (κ3) is 4.71. The number of aromatic amines is 1. The maximum absolute atomic E-state index is 12.3. The molecule has 4 aromatic rings. The van der Waals surface area contributed by atoms with Crippen molar-refractivity contribution in [3.63, 3.8) is 0 Å². The molecule has 3 aliphatic heterocycles. The monoisotopic (exact) mass is 656 g/mol. The lowest BCUT2D eigenvalue weighted by Crippen LogP contribution is -2.53. The first-order valence-corrected chi connectivity index (χ1v) is 16.3. The standard InChI is InChI=1S/C21H25N10O9PS2/c1-21(13-12(38-39-13)18(37-21)30-5-26-8-14(22)24-4-25-15(8)30)3-36-41(35,42)40-11-10(33)7(2-32)43-19(11)31-6-27-9-16(31)28-20(23)29-17(9)34/h4-7,10-13,18-19,32-33H,2-3H2,1H3,(H,35,42)(H2,22,24,25)(H3,23,28,29,34)/t7-,10-,11-,12-,13+,18-,19-,21-,41?/m1/s1. The molecule has 4 aromatic heterocycles. The van der Waals surface area contributed by atoms with E-state index in [1.54, 1.807) is 11.5 Å². The number of nitrogen functional groups attached to an aromatic ring is 2. The van der Waals surface area contributed by atoms with Crippen LogP contribution < -0.4 is 17.0 Å². The minimum atomic E-state index is -4.08. The number of hydrogen-bond donors (Lipinski definition) is 6. The van der Waals surface area contributed by atoms with Crippen molar-refractivity contribution in [1.29, 1.82) is 0 Å². The Bertz CT molecular complexity index is 1820. The number of nitrogens with two attached hydrogens (primary N) is 2. The first-order valence-electron chi connectivity index (χ1n) is 12.7. The van der Waals surface area contributed by atoms with Crippen molar-refractivity contribution in [2.75, 3.05) is 24.7 Å². The van der Waals surface area contributed by atoms with Gasteiger partial charge in [0.15, 0.2) is 41.1 Å². The van der Waals surface area contributed by atoms with Crippen molar-refractivity contribution in [3.05, 3.63) is 29.3 Å². The lowest BCUT2D eigenvalue weighted by Gasteiger charge is -2.37. The number of hydrogen-bond acceptors (Lipinski definition) is 17. The highest BCUT2D eigenvalue weighted by Gasteiger charge is 2.62. The number of imidazole rings is 2. The summed E-state index contributed by atoms with van der Waals surface area (Å²) in [7, 11) is 0. The van der Waals surface area contributed by atoms with Gasteiger partial charge in [-0.1, -0.05) is 0 Å². The number of thioether (sulfide) groups is 1. The zero-order valence-electron chi connectivity index (χ0n) is 22.0. The summed E-state index contributed by atoms with van der Waals surface area (Å²) in [5.41, 5.74) is 10.9. The number of fused-ring (bicyclic) bond motifs is 3. The van der Waals surface area contributed by atoms with Crippen LogP contribution in [0.2, 0.25) is 0 Å². The van der Waals surface area contributed by atoms with Crippen molar-refractivity contribution < 1.29 is 38.7 Å². The summed E-state index contributed by atoms with van der Waals surface area (Å²) >= 11 is 6.46. The fourth-order valence-electron chi connectivity index (χ4n) is 5.35. The van der Waals surface area contributed by atoms with Crippen molar-refractivity contribution >= 4 is 64.4 Å². The van der Waals surface area contributed by atoms with E-state index in [9.17, 15) is 19.9 Å². The third-order valence-corrected chi connectivity index (χ3v) is 10.6. The van der Waals surface area contributed by atoms with Crippen molar-refractivity contribution in [3.8, 4) is 0 Å². The molecule has 19 nitrogen and oxygen atoms in total. The lowest BCUT2D eigenvalue weighted by molar-refractivity contribution is -0.468. The number of aromatic nitrogens is 8. The number of nitrogens with zero attached hydrogens (tertiary/aromatic N) is 7. The van der Waals surface area contributed by atoms with Crippen LogP contribution in [0.25, 0.3) is 22.3 Å². The van der Waals surface area contributed by atoms with E-state index in [4.69, 9.17) is 46.8 Å². The molecule has 0 spiro atoms. The van der Waals surface area contributed by atoms with Gasteiger partial charge in [0, 0.05) is 0 Å². The predicted molar refractivity (Wildman–Crippen MR) is 151 cm³/mol. The molecule has 1 unspecified atom stereocenters. The minimum Gasteiger partial charge on any atom is -0.395 e. The molecule has 0 saturated carbocycles. The molecule has 230 valence electrons. The van der Waals surface area contributed by atoms with Crippen molar-refractivity contribution in [1.82, 2.24) is 39.0 Å². The van der Waals surface area contributed by atoms with Gasteiger partial charge in [0.2, 0.25) is 5.95 Å². The number of anilines is 2. The van der Waals surface area contributed by atoms with Gasteiger partial charge < -0.3 is 35.8 Å². The van der Waals surface area contributed by atoms with Gasteiger partial charge in [0.1, 0.15) is 28.9 Å². The molecule has 0 radical (unpaired) electrons. The van der Waals surface area contributed by atoms with Gasteiger partial charge in [-0.05, 0) is 18.7 Å². The average molecular weight is 657 g/mol. The normalized spacial score (nSPS) is 33.5. The first-order chi connectivity index (χ1) is 20.5. The Morgan fingerprint density at radius 1 is 1.19 bits per heavy atom. The van der Waals surface area contributed by atoms with Crippen LogP contribution in [0.3, 0.4) is 0 Å². The molecule has 8 N–H and O–H groups in total. The number of aliphatic hydroxyl groups excluding tert-OH is 2. The Morgan fingerprint density at radius 2 is 1.95 bits per heavy atom. The van der Waals surface area contributed by atoms with E-state index >= 15 is 0 Å². The molecule has 0 amide bonds. The van der Waals surface area contributed by atoms with Crippen LogP contribution in [0.5, 0.6) is 0 Å². The molecular weight excluding hydrogens is 631 g/mol. The highest BCUT2D eigenvalue weighted by Crippen LogP contribution is 2.55. The van der Waals surface area contributed by atoms with Gasteiger partial charge in [0.05, 0.1) is 37.2 Å². The molecule has 3 fully saturated rings. The second-order valence-electron chi connectivity index (χ2n) is 10.3. The van der Waals surface area contributed by atoms with Crippen LogP contribution in [0, 0.1) is 0 Å². The van der Waals surface area contributed by atoms with Gasteiger partial charge in [-0.3, -0.25) is 23.4 Å². The van der Waals surface area contributed by atoms with Crippen molar-refractivity contribution in [2.24, 2.45) is 0 Å². The molecule has 0 aliphatic carbocycles. The summed E-state index contributed by atoms with van der Waals surface area (Å²) < 4.78 is 21.0. The number of nitrogens with one attached hydrogen (secondary N) is 1. The second kappa shape index (κ2) is 10.4. The Morgan fingerprint density at radius 3 is 2.70 bits per heavy atom. The second-order valence-corrected chi connectivity index (χ2v) is 14.5. The highest BCUT2D eigenvalue weighted by molar-refractivity contribution is 8.07. The van der Waals surface area contributed by atoms with Crippen molar-refractivity contribution in [2.45, 2.75) is 53.8 Å². The van der Waals surface area contributed by atoms with Gasteiger partial charge in [-0.15, -0.1) is 11.8 Å². The summed E-state index contributed by atoms with van der Waals surface area (Å²) in [6, 6.07) is 0. The maximum atomic E-state index is 12.3.